The van der Waals surface area contributed by atoms with Crippen molar-refractivity contribution in [3.05, 3.63) is 65.2 Å². The maximum Gasteiger partial charge on any atom is 0.340 e. The zero-order chi connectivity index (χ0) is 15.4. The Morgan fingerprint density at radius 3 is 2.38 bits per heavy atom. The lowest BCUT2D eigenvalue weighted by Crippen LogP contribution is -2.26. The van der Waals surface area contributed by atoms with Gasteiger partial charge in [0.2, 0.25) is 6.10 Å². The number of carbonyl (C=O) groups excluding carboxylic acids is 2. The van der Waals surface area contributed by atoms with Gasteiger partial charge < -0.3 is 10.5 Å². The molecule has 5 nitrogen and oxygen atoms in total. The van der Waals surface area contributed by atoms with Crippen LogP contribution in [0.5, 0.6) is 0 Å². The van der Waals surface area contributed by atoms with Crippen molar-refractivity contribution in [2.45, 2.75) is 13.0 Å². The van der Waals surface area contributed by atoms with Crippen LogP contribution in [-0.2, 0) is 9.53 Å². The fourth-order valence-corrected chi connectivity index (χ4v) is 1.69. The monoisotopic (exact) mass is 288 g/mol. The number of esters is 1. The van der Waals surface area contributed by atoms with Crippen LogP contribution < -0.4 is 5.73 Å². The molecule has 0 radical (unpaired) electrons. The molecule has 1 heterocycles. The number of carbonyl (C=O) groups is 2. The molecule has 0 aliphatic heterocycles. The molecule has 0 unspecified atom stereocenters. The van der Waals surface area contributed by atoms with Crippen LogP contribution >= 0.6 is 0 Å². The van der Waals surface area contributed by atoms with Crippen LogP contribution in [0.15, 0.2) is 42.6 Å². The summed E-state index contributed by atoms with van der Waals surface area (Å²) in [4.78, 5) is 27.4. The predicted octanol–water partition coefficient (Wildman–Crippen LogP) is 1.91. The number of amides is 1. The lowest BCUT2D eigenvalue weighted by atomic mass is 10.1. The van der Waals surface area contributed by atoms with Crippen molar-refractivity contribution >= 4 is 11.9 Å². The molecule has 0 aliphatic carbocycles. The molecule has 1 amide bonds. The number of hydrogen-bond acceptors (Lipinski definition) is 4. The van der Waals surface area contributed by atoms with Crippen molar-refractivity contribution in [2.24, 2.45) is 5.73 Å². The number of nitrogens with two attached hydrogens (primary N) is 1. The average Bonchev–Trinajstić information content (AvgIpc) is 2.46. The largest absolute Gasteiger partial charge is 0.444 e. The summed E-state index contributed by atoms with van der Waals surface area (Å²) in [6.45, 7) is 1.78. The van der Waals surface area contributed by atoms with E-state index in [1.54, 1.807) is 13.0 Å². The topological polar surface area (TPSA) is 82.3 Å². The number of aromatic nitrogens is 1. The number of benzene rings is 1. The van der Waals surface area contributed by atoms with Gasteiger partial charge in [0.15, 0.2) is 0 Å². The molecule has 0 bridgehead atoms. The lowest BCUT2D eigenvalue weighted by molar-refractivity contribution is -0.127. The minimum Gasteiger partial charge on any atom is -0.444 e. The van der Waals surface area contributed by atoms with E-state index >= 15 is 0 Å². The Kier molecular flexibility index (Phi) is 4.27. The number of nitrogens with zero attached hydrogens (tertiary/aromatic N) is 1. The van der Waals surface area contributed by atoms with E-state index < -0.39 is 23.8 Å². The molecule has 0 spiro atoms. The number of rotatable bonds is 4. The molecule has 0 saturated carbocycles. The normalized spacial score (nSPS) is 11.7. The summed E-state index contributed by atoms with van der Waals surface area (Å²) in [6, 6.07) is 8.18. The second-order valence-corrected chi connectivity index (χ2v) is 4.43. The zero-order valence-corrected chi connectivity index (χ0v) is 11.2. The van der Waals surface area contributed by atoms with Gasteiger partial charge in [0.05, 0.1) is 5.56 Å². The van der Waals surface area contributed by atoms with Crippen LogP contribution in [0.2, 0.25) is 0 Å². The van der Waals surface area contributed by atoms with Crippen LogP contribution in [0.25, 0.3) is 0 Å². The highest BCUT2D eigenvalue weighted by Gasteiger charge is 2.23. The molecule has 2 aromatic rings. The quantitative estimate of drug-likeness (QED) is 0.871. The number of aryl methyl sites for hydroxylation is 1. The summed E-state index contributed by atoms with van der Waals surface area (Å²) in [6.07, 6.45) is 0.0693. The Labute approximate surface area is 120 Å². The summed E-state index contributed by atoms with van der Waals surface area (Å²) in [7, 11) is 0. The fourth-order valence-electron chi connectivity index (χ4n) is 1.69. The van der Waals surface area contributed by atoms with Gasteiger partial charge in [0, 0.05) is 17.5 Å². The van der Waals surface area contributed by atoms with Gasteiger partial charge in [-0.3, -0.25) is 9.78 Å². The Bertz CT molecular complexity index is 654. The molecule has 1 aromatic heterocycles. The summed E-state index contributed by atoms with van der Waals surface area (Å²) in [5.41, 5.74) is 6.48. The van der Waals surface area contributed by atoms with Gasteiger partial charge >= 0.3 is 5.97 Å². The average molecular weight is 288 g/mol. The second kappa shape index (κ2) is 6.13. The van der Waals surface area contributed by atoms with Crippen molar-refractivity contribution in [2.75, 3.05) is 0 Å². The van der Waals surface area contributed by atoms with E-state index in [2.05, 4.69) is 4.98 Å². The third kappa shape index (κ3) is 3.62. The van der Waals surface area contributed by atoms with Crippen molar-refractivity contribution in [3.63, 3.8) is 0 Å². The Hall–Kier alpha value is -2.76. The van der Waals surface area contributed by atoms with E-state index in [1.165, 1.54) is 24.4 Å². The Morgan fingerprint density at radius 2 is 1.86 bits per heavy atom. The van der Waals surface area contributed by atoms with Crippen LogP contribution in [0.1, 0.15) is 27.7 Å². The molecule has 21 heavy (non-hydrogen) atoms. The number of primary amides is 1. The molecular weight excluding hydrogens is 275 g/mol. The minimum absolute atomic E-state index is 0.203. The maximum absolute atomic E-state index is 12.9. The molecule has 1 atom stereocenters. The van der Waals surface area contributed by atoms with E-state index in [0.717, 1.165) is 17.8 Å². The molecular formula is C15H13FN2O3. The first-order valence-electron chi connectivity index (χ1n) is 6.16. The fraction of sp³-hybridized carbons (Fsp3) is 0.133. The molecule has 2 N–H and O–H groups in total. The standard InChI is InChI=1S/C15H13FN2O3/c1-9-2-3-11(8-18-9)15(20)21-13(14(17)19)10-4-6-12(16)7-5-10/h2-8,13H,1H3,(H2,17,19)/t13-/m1/s1. The van der Waals surface area contributed by atoms with E-state index in [1.807, 2.05) is 0 Å². The van der Waals surface area contributed by atoms with Crippen LogP contribution in [0.3, 0.4) is 0 Å². The van der Waals surface area contributed by atoms with Gasteiger partial charge in [0.25, 0.3) is 5.91 Å². The van der Waals surface area contributed by atoms with Gasteiger partial charge in [0.1, 0.15) is 5.82 Å². The van der Waals surface area contributed by atoms with Crippen molar-refractivity contribution in [3.8, 4) is 0 Å². The maximum atomic E-state index is 12.9. The smallest absolute Gasteiger partial charge is 0.340 e. The number of pyridine rings is 1. The highest BCUT2D eigenvalue weighted by molar-refractivity contribution is 5.92. The van der Waals surface area contributed by atoms with Crippen LogP contribution in [0.4, 0.5) is 4.39 Å². The van der Waals surface area contributed by atoms with Gasteiger partial charge in [-0.2, -0.15) is 0 Å². The third-order valence-corrected chi connectivity index (χ3v) is 2.80. The van der Waals surface area contributed by atoms with E-state index in [4.69, 9.17) is 10.5 Å². The molecule has 2 rings (SSSR count). The van der Waals surface area contributed by atoms with E-state index in [-0.39, 0.29) is 5.56 Å². The molecule has 1 aromatic carbocycles. The molecule has 0 saturated heterocycles. The Balaban J connectivity index is 2.20. The predicted molar refractivity (Wildman–Crippen MR) is 72.7 cm³/mol. The molecule has 6 heteroatoms. The molecule has 0 fully saturated rings. The van der Waals surface area contributed by atoms with Gasteiger partial charge in [-0.25, -0.2) is 9.18 Å². The Morgan fingerprint density at radius 1 is 1.19 bits per heavy atom. The van der Waals surface area contributed by atoms with Gasteiger partial charge in [-0.1, -0.05) is 12.1 Å². The number of ether oxygens (including phenoxy) is 1. The first kappa shape index (κ1) is 14.6. The number of hydrogen-bond donors (Lipinski definition) is 1. The lowest BCUT2D eigenvalue weighted by Gasteiger charge is -2.15. The minimum atomic E-state index is -1.28. The summed E-state index contributed by atoms with van der Waals surface area (Å²) in [5.74, 6) is -2.03. The SMILES string of the molecule is Cc1ccc(C(=O)O[C@@H](C(N)=O)c2ccc(F)cc2)cn1. The van der Waals surface area contributed by atoms with Crippen LogP contribution in [-0.4, -0.2) is 16.9 Å². The van der Waals surface area contributed by atoms with Gasteiger partial charge in [-0.05, 0) is 31.2 Å². The summed E-state index contributed by atoms with van der Waals surface area (Å²) < 4.78 is 18.0. The van der Waals surface area contributed by atoms with Crippen molar-refractivity contribution < 1.29 is 18.7 Å². The first-order chi connectivity index (χ1) is 9.97. The molecule has 108 valence electrons. The second-order valence-electron chi connectivity index (χ2n) is 4.43. The van der Waals surface area contributed by atoms with Crippen molar-refractivity contribution in [1.82, 2.24) is 4.98 Å². The van der Waals surface area contributed by atoms with Crippen molar-refractivity contribution in [1.29, 1.82) is 0 Å². The highest BCUT2D eigenvalue weighted by Crippen LogP contribution is 2.19. The first-order valence-corrected chi connectivity index (χ1v) is 6.16. The summed E-state index contributed by atoms with van der Waals surface area (Å²) >= 11 is 0. The summed E-state index contributed by atoms with van der Waals surface area (Å²) in [5, 5.41) is 0. The van der Waals surface area contributed by atoms with Gasteiger partial charge in [-0.15, -0.1) is 0 Å². The van der Waals surface area contributed by atoms with E-state index in [0.29, 0.717) is 5.56 Å². The van der Waals surface area contributed by atoms with E-state index in [9.17, 15) is 14.0 Å². The molecule has 0 aliphatic rings. The third-order valence-electron chi connectivity index (χ3n) is 2.80. The highest BCUT2D eigenvalue weighted by atomic mass is 19.1. The number of halogens is 1. The zero-order valence-electron chi connectivity index (χ0n) is 11.2. The van der Waals surface area contributed by atoms with Crippen LogP contribution in [0, 0.1) is 12.7 Å².